The standard InChI is InChI=1S/C17H14BrF3O/c1-10-6-16(22-17(19,20)21)15(18)9-14(10)8-11-2-3-12-4-5-13(12)7-11/h2-3,6-7,9H,4-5,8H2,1H3. The maximum absolute atomic E-state index is 12.3. The average Bonchev–Trinajstić information content (AvgIpc) is 2.37. The molecule has 0 fully saturated rings. The van der Waals surface area contributed by atoms with Crippen LogP contribution in [0.4, 0.5) is 13.2 Å². The van der Waals surface area contributed by atoms with Gasteiger partial charge in [-0.1, -0.05) is 18.2 Å². The maximum Gasteiger partial charge on any atom is 0.573 e. The molecule has 0 saturated carbocycles. The Hall–Kier alpha value is -1.49. The van der Waals surface area contributed by atoms with Gasteiger partial charge in [-0.2, -0.15) is 0 Å². The van der Waals surface area contributed by atoms with Crippen LogP contribution in [0.1, 0.15) is 27.8 Å². The van der Waals surface area contributed by atoms with Crippen molar-refractivity contribution in [2.45, 2.75) is 32.5 Å². The van der Waals surface area contributed by atoms with Crippen LogP contribution in [-0.2, 0) is 19.3 Å². The molecule has 2 aromatic carbocycles. The van der Waals surface area contributed by atoms with Crippen molar-refractivity contribution in [3.05, 3.63) is 62.6 Å². The minimum atomic E-state index is -4.68. The summed E-state index contributed by atoms with van der Waals surface area (Å²) >= 11 is 3.16. The highest BCUT2D eigenvalue weighted by molar-refractivity contribution is 9.10. The molecule has 0 unspecified atom stereocenters. The molecule has 116 valence electrons. The van der Waals surface area contributed by atoms with Gasteiger partial charge in [-0.25, -0.2) is 0 Å². The van der Waals surface area contributed by atoms with Crippen LogP contribution in [-0.4, -0.2) is 6.36 Å². The zero-order chi connectivity index (χ0) is 15.9. The topological polar surface area (TPSA) is 9.23 Å². The van der Waals surface area contributed by atoms with Crippen molar-refractivity contribution in [3.63, 3.8) is 0 Å². The molecule has 0 bridgehead atoms. The summed E-state index contributed by atoms with van der Waals surface area (Å²) in [5, 5.41) is 0. The minimum absolute atomic E-state index is 0.203. The number of halogens is 4. The first kappa shape index (κ1) is 15.4. The van der Waals surface area contributed by atoms with E-state index in [4.69, 9.17) is 0 Å². The molecule has 2 aromatic rings. The molecule has 0 radical (unpaired) electrons. The number of rotatable bonds is 3. The van der Waals surface area contributed by atoms with Crippen molar-refractivity contribution in [2.24, 2.45) is 0 Å². The smallest absolute Gasteiger partial charge is 0.405 e. The Kier molecular flexibility index (Phi) is 3.93. The average molecular weight is 371 g/mol. The normalized spacial score (nSPS) is 13.5. The predicted molar refractivity (Wildman–Crippen MR) is 82.2 cm³/mol. The zero-order valence-corrected chi connectivity index (χ0v) is 13.5. The molecule has 0 saturated heterocycles. The fourth-order valence-electron chi connectivity index (χ4n) is 2.67. The van der Waals surface area contributed by atoms with Gasteiger partial charge < -0.3 is 4.74 Å². The molecule has 1 aliphatic carbocycles. The highest BCUT2D eigenvalue weighted by atomic mass is 79.9. The molecule has 1 aliphatic rings. The van der Waals surface area contributed by atoms with Crippen molar-refractivity contribution in [1.29, 1.82) is 0 Å². The van der Waals surface area contributed by atoms with E-state index < -0.39 is 6.36 Å². The van der Waals surface area contributed by atoms with Crippen LogP contribution < -0.4 is 4.74 Å². The third-order valence-corrected chi connectivity index (χ3v) is 4.56. The molecule has 0 heterocycles. The molecule has 0 spiro atoms. The number of hydrogen-bond acceptors (Lipinski definition) is 1. The summed E-state index contributed by atoms with van der Waals surface area (Å²) in [6.07, 6.45) is -1.73. The SMILES string of the molecule is Cc1cc(OC(F)(F)F)c(Br)cc1Cc1ccc2c(c1)CC2. The number of hydrogen-bond donors (Lipinski definition) is 0. The first-order chi connectivity index (χ1) is 10.3. The van der Waals surface area contributed by atoms with E-state index in [0.717, 1.165) is 24.0 Å². The van der Waals surface area contributed by atoms with E-state index in [9.17, 15) is 13.2 Å². The number of benzene rings is 2. The Balaban J connectivity index is 1.84. The first-order valence-electron chi connectivity index (χ1n) is 6.97. The Morgan fingerprint density at radius 1 is 1.09 bits per heavy atom. The van der Waals surface area contributed by atoms with Gasteiger partial charge in [0.25, 0.3) is 0 Å². The molecule has 0 amide bonds. The fraction of sp³-hybridized carbons (Fsp3) is 0.294. The molecular formula is C17H14BrF3O. The van der Waals surface area contributed by atoms with Gasteiger partial charge in [-0.15, -0.1) is 13.2 Å². The predicted octanol–water partition coefficient (Wildman–Crippen LogP) is 5.35. The fourth-order valence-corrected chi connectivity index (χ4v) is 3.14. The Morgan fingerprint density at radius 3 is 2.41 bits per heavy atom. The van der Waals surface area contributed by atoms with Crippen LogP contribution in [0.25, 0.3) is 0 Å². The molecule has 0 aromatic heterocycles. The summed E-state index contributed by atoms with van der Waals surface area (Å²) in [5.74, 6) is -0.203. The van der Waals surface area contributed by atoms with E-state index in [0.29, 0.717) is 10.9 Å². The summed E-state index contributed by atoms with van der Waals surface area (Å²) < 4.78 is 41.4. The lowest BCUT2D eigenvalue weighted by Gasteiger charge is -2.20. The van der Waals surface area contributed by atoms with Crippen LogP contribution in [0.15, 0.2) is 34.8 Å². The van der Waals surface area contributed by atoms with Gasteiger partial charge in [0.1, 0.15) is 5.75 Å². The van der Waals surface area contributed by atoms with E-state index in [1.54, 1.807) is 13.0 Å². The van der Waals surface area contributed by atoms with Gasteiger partial charge in [0.05, 0.1) is 4.47 Å². The Labute approximate surface area is 135 Å². The van der Waals surface area contributed by atoms with Gasteiger partial charge in [-0.05, 0) is 82.1 Å². The molecule has 5 heteroatoms. The van der Waals surface area contributed by atoms with Gasteiger partial charge >= 0.3 is 6.36 Å². The molecule has 22 heavy (non-hydrogen) atoms. The maximum atomic E-state index is 12.3. The summed E-state index contributed by atoms with van der Waals surface area (Å²) in [6, 6.07) is 9.54. The van der Waals surface area contributed by atoms with E-state index in [-0.39, 0.29) is 5.75 Å². The van der Waals surface area contributed by atoms with Crippen molar-refractivity contribution in [3.8, 4) is 5.75 Å². The van der Waals surface area contributed by atoms with Crippen molar-refractivity contribution >= 4 is 15.9 Å². The molecule has 0 atom stereocenters. The zero-order valence-electron chi connectivity index (χ0n) is 11.9. The molecular weight excluding hydrogens is 357 g/mol. The minimum Gasteiger partial charge on any atom is -0.405 e. The Bertz CT molecular complexity index is 723. The van der Waals surface area contributed by atoms with E-state index >= 15 is 0 Å². The van der Waals surface area contributed by atoms with E-state index in [1.807, 2.05) is 0 Å². The number of fused-ring (bicyclic) bond motifs is 1. The lowest BCUT2D eigenvalue weighted by molar-refractivity contribution is -0.274. The van der Waals surface area contributed by atoms with Crippen molar-refractivity contribution in [2.75, 3.05) is 0 Å². The molecule has 0 N–H and O–H groups in total. The largest absolute Gasteiger partial charge is 0.573 e. The third kappa shape index (κ3) is 3.29. The number of ether oxygens (including phenoxy) is 1. The van der Waals surface area contributed by atoms with Gasteiger partial charge in [0.15, 0.2) is 0 Å². The summed E-state index contributed by atoms with van der Waals surface area (Å²) in [5.41, 5.74) is 5.73. The lowest BCUT2D eigenvalue weighted by atomic mass is 9.86. The van der Waals surface area contributed by atoms with Crippen LogP contribution in [0.2, 0.25) is 0 Å². The van der Waals surface area contributed by atoms with E-state index in [1.165, 1.54) is 22.8 Å². The number of alkyl halides is 3. The van der Waals surface area contributed by atoms with E-state index in [2.05, 4.69) is 38.9 Å². The van der Waals surface area contributed by atoms with Gasteiger partial charge in [0, 0.05) is 0 Å². The quantitative estimate of drug-likeness (QED) is 0.707. The third-order valence-electron chi connectivity index (χ3n) is 3.95. The van der Waals surface area contributed by atoms with Crippen LogP contribution >= 0.6 is 15.9 Å². The molecule has 0 aliphatic heterocycles. The summed E-state index contributed by atoms with van der Waals surface area (Å²) in [6.45, 7) is 1.80. The monoisotopic (exact) mass is 370 g/mol. The molecule has 1 nitrogen and oxygen atoms in total. The summed E-state index contributed by atoms with van der Waals surface area (Å²) in [7, 11) is 0. The second-order valence-corrected chi connectivity index (χ2v) is 6.39. The van der Waals surface area contributed by atoms with Crippen molar-refractivity contribution in [1.82, 2.24) is 0 Å². The highest BCUT2D eigenvalue weighted by Gasteiger charge is 2.32. The van der Waals surface area contributed by atoms with Crippen LogP contribution in [0.5, 0.6) is 5.75 Å². The van der Waals surface area contributed by atoms with Crippen LogP contribution in [0.3, 0.4) is 0 Å². The highest BCUT2D eigenvalue weighted by Crippen LogP contribution is 2.34. The van der Waals surface area contributed by atoms with Gasteiger partial charge in [0.2, 0.25) is 0 Å². The van der Waals surface area contributed by atoms with Crippen LogP contribution in [0, 0.1) is 6.92 Å². The molecule has 3 rings (SSSR count). The second-order valence-electron chi connectivity index (χ2n) is 5.54. The number of aryl methyl sites for hydroxylation is 3. The van der Waals surface area contributed by atoms with Crippen molar-refractivity contribution < 1.29 is 17.9 Å². The second kappa shape index (κ2) is 5.61. The first-order valence-corrected chi connectivity index (χ1v) is 7.76. The lowest BCUT2D eigenvalue weighted by Crippen LogP contribution is -2.17. The summed E-state index contributed by atoms with van der Waals surface area (Å²) in [4.78, 5) is 0. The Morgan fingerprint density at radius 2 is 1.82 bits per heavy atom. The van der Waals surface area contributed by atoms with Gasteiger partial charge in [-0.3, -0.25) is 0 Å².